The van der Waals surface area contributed by atoms with Gasteiger partial charge in [-0.2, -0.15) is 0 Å². The molecule has 0 aromatic heterocycles. The fraction of sp³-hybridized carbons (Fsp3) is 0.556. The largest absolute Gasteiger partial charge is 0.357 e. The molecule has 1 atom stereocenters. The zero-order valence-electron chi connectivity index (χ0n) is 7.88. The smallest absolute Gasteiger partial charge is 0.207 e. The minimum atomic E-state index is -0.000556. The lowest BCUT2D eigenvalue weighted by Crippen LogP contribution is -2.37. The van der Waals surface area contributed by atoms with Crippen LogP contribution in [0.1, 0.15) is 19.8 Å². The van der Waals surface area contributed by atoms with E-state index in [9.17, 15) is 9.59 Å². The molecule has 0 aromatic carbocycles. The molecule has 0 fully saturated rings. The molecule has 0 saturated heterocycles. The predicted molar refractivity (Wildman–Crippen MR) is 51.1 cm³/mol. The van der Waals surface area contributed by atoms with Crippen molar-refractivity contribution in [3.8, 4) is 0 Å². The van der Waals surface area contributed by atoms with Crippen LogP contribution in [0.4, 0.5) is 0 Å². The molecule has 4 heteroatoms. The predicted octanol–water partition coefficient (Wildman–Crippen LogP) is 0.203. The molecule has 0 unspecified atom stereocenters. The van der Waals surface area contributed by atoms with Crippen molar-refractivity contribution in [2.75, 3.05) is 6.54 Å². The third-order valence-corrected chi connectivity index (χ3v) is 1.67. The molecule has 0 aliphatic carbocycles. The summed E-state index contributed by atoms with van der Waals surface area (Å²) in [7, 11) is 0. The summed E-state index contributed by atoms with van der Waals surface area (Å²) in [5, 5.41) is 5.15. The molecular weight excluding hydrogens is 168 g/mol. The molecule has 2 amide bonds. The van der Waals surface area contributed by atoms with Gasteiger partial charge in [0.05, 0.1) is 0 Å². The third kappa shape index (κ3) is 7.05. The van der Waals surface area contributed by atoms with Gasteiger partial charge in [0.25, 0.3) is 0 Å². The number of carbonyl (C=O) groups excluding carboxylic acids is 2. The molecule has 0 aliphatic rings. The summed E-state index contributed by atoms with van der Waals surface area (Å²) in [5.41, 5.74) is 1.07. The van der Waals surface area contributed by atoms with Crippen LogP contribution in [0, 0.1) is 0 Å². The first-order valence-corrected chi connectivity index (χ1v) is 4.21. The Bertz CT molecular complexity index is 180. The zero-order chi connectivity index (χ0) is 10.1. The molecule has 0 aromatic rings. The maximum absolute atomic E-state index is 10.2. The zero-order valence-corrected chi connectivity index (χ0v) is 7.88. The molecule has 2 N–H and O–H groups in total. The second-order valence-electron chi connectivity index (χ2n) is 3.00. The Kier molecular flexibility index (Phi) is 6.59. The van der Waals surface area contributed by atoms with E-state index < -0.39 is 0 Å². The Morgan fingerprint density at radius 1 is 1.46 bits per heavy atom. The molecule has 74 valence electrons. The van der Waals surface area contributed by atoms with Gasteiger partial charge in [-0.1, -0.05) is 5.57 Å². The first kappa shape index (κ1) is 11.7. The lowest BCUT2D eigenvalue weighted by Gasteiger charge is -2.14. The molecular formula is C9H16N2O2. The minimum Gasteiger partial charge on any atom is -0.357 e. The van der Waals surface area contributed by atoms with Gasteiger partial charge in [0.15, 0.2) is 0 Å². The van der Waals surface area contributed by atoms with Gasteiger partial charge in [-0.15, -0.1) is 6.58 Å². The molecule has 0 spiro atoms. The van der Waals surface area contributed by atoms with Crippen molar-refractivity contribution in [1.82, 2.24) is 10.6 Å². The number of hydrogen-bond acceptors (Lipinski definition) is 2. The maximum atomic E-state index is 10.2. The van der Waals surface area contributed by atoms with Crippen LogP contribution in [0.2, 0.25) is 0 Å². The number of amides is 2. The number of hydrogen-bond donors (Lipinski definition) is 2. The lowest BCUT2D eigenvalue weighted by molar-refractivity contribution is -0.111. The highest BCUT2D eigenvalue weighted by Crippen LogP contribution is 2.03. The van der Waals surface area contributed by atoms with Crippen molar-refractivity contribution in [2.45, 2.75) is 25.8 Å². The summed E-state index contributed by atoms with van der Waals surface area (Å²) >= 11 is 0. The van der Waals surface area contributed by atoms with Crippen LogP contribution in [-0.4, -0.2) is 25.4 Å². The van der Waals surface area contributed by atoms with Gasteiger partial charge in [-0.3, -0.25) is 9.59 Å². The topological polar surface area (TPSA) is 58.2 Å². The summed E-state index contributed by atoms with van der Waals surface area (Å²) in [4.78, 5) is 20.2. The van der Waals surface area contributed by atoms with Crippen molar-refractivity contribution >= 4 is 12.8 Å². The summed E-state index contributed by atoms with van der Waals surface area (Å²) in [6.45, 7) is 6.16. The average Bonchev–Trinajstić information content (AvgIpc) is 2.09. The van der Waals surface area contributed by atoms with Gasteiger partial charge < -0.3 is 10.6 Å². The third-order valence-electron chi connectivity index (χ3n) is 1.67. The number of carbonyl (C=O) groups is 2. The Hall–Kier alpha value is -1.32. The van der Waals surface area contributed by atoms with E-state index in [0.29, 0.717) is 19.4 Å². The molecule has 4 nitrogen and oxygen atoms in total. The van der Waals surface area contributed by atoms with Crippen molar-refractivity contribution in [3.05, 3.63) is 12.2 Å². The fourth-order valence-electron chi connectivity index (χ4n) is 0.952. The second-order valence-corrected chi connectivity index (χ2v) is 3.00. The van der Waals surface area contributed by atoms with Gasteiger partial charge in [-0.25, -0.2) is 0 Å². The SMILES string of the molecule is C=C(C)CC[C@@H](CNC=O)NC=O. The highest BCUT2D eigenvalue weighted by molar-refractivity contribution is 5.48. The number of rotatable bonds is 8. The highest BCUT2D eigenvalue weighted by Gasteiger charge is 2.05. The molecule has 0 bridgehead atoms. The van der Waals surface area contributed by atoms with Gasteiger partial charge in [-0.05, 0) is 19.8 Å². The molecule has 0 saturated carbocycles. The standard InChI is InChI=1S/C9H16N2O2/c1-8(2)3-4-9(11-7-13)5-10-6-12/h6-7,9H,1,3-5H2,2H3,(H,10,12)(H,11,13)/t9-/m0/s1. The number of nitrogens with one attached hydrogen (secondary N) is 2. The van der Waals surface area contributed by atoms with E-state index in [4.69, 9.17) is 0 Å². The van der Waals surface area contributed by atoms with Crippen LogP contribution < -0.4 is 10.6 Å². The van der Waals surface area contributed by atoms with Gasteiger partial charge >= 0.3 is 0 Å². The maximum Gasteiger partial charge on any atom is 0.207 e. The monoisotopic (exact) mass is 184 g/mol. The summed E-state index contributed by atoms with van der Waals surface area (Å²) in [6, 6.07) is -0.000556. The van der Waals surface area contributed by atoms with E-state index in [1.807, 2.05) is 6.92 Å². The summed E-state index contributed by atoms with van der Waals surface area (Å²) in [5.74, 6) is 0. The Balaban J connectivity index is 3.71. The quantitative estimate of drug-likeness (QED) is 0.418. The Labute approximate surface area is 78.4 Å². The first-order valence-electron chi connectivity index (χ1n) is 4.21. The van der Waals surface area contributed by atoms with Crippen LogP contribution >= 0.6 is 0 Å². The van der Waals surface area contributed by atoms with Crippen LogP contribution in [-0.2, 0) is 9.59 Å². The summed E-state index contributed by atoms with van der Waals surface area (Å²) in [6.07, 6.45) is 2.93. The van der Waals surface area contributed by atoms with Crippen molar-refractivity contribution in [3.63, 3.8) is 0 Å². The molecule has 13 heavy (non-hydrogen) atoms. The lowest BCUT2D eigenvalue weighted by atomic mass is 10.1. The van der Waals surface area contributed by atoms with Crippen LogP contribution in [0.25, 0.3) is 0 Å². The minimum absolute atomic E-state index is 0.000556. The van der Waals surface area contributed by atoms with E-state index in [1.54, 1.807) is 0 Å². The van der Waals surface area contributed by atoms with Gasteiger partial charge in [0, 0.05) is 12.6 Å². The number of allylic oxidation sites excluding steroid dienone is 1. The van der Waals surface area contributed by atoms with Crippen molar-refractivity contribution in [2.24, 2.45) is 0 Å². The van der Waals surface area contributed by atoms with Gasteiger partial charge in [0.1, 0.15) is 0 Å². The van der Waals surface area contributed by atoms with Crippen molar-refractivity contribution < 1.29 is 9.59 Å². The van der Waals surface area contributed by atoms with Crippen LogP contribution in [0.5, 0.6) is 0 Å². The fourth-order valence-corrected chi connectivity index (χ4v) is 0.952. The average molecular weight is 184 g/mol. The molecule has 0 radical (unpaired) electrons. The van der Waals surface area contributed by atoms with E-state index >= 15 is 0 Å². The normalized spacial score (nSPS) is 11.5. The van der Waals surface area contributed by atoms with Crippen molar-refractivity contribution in [1.29, 1.82) is 0 Å². The van der Waals surface area contributed by atoms with E-state index in [0.717, 1.165) is 18.4 Å². The van der Waals surface area contributed by atoms with Gasteiger partial charge in [0.2, 0.25) is 12.8 Å². The Morgan fingerprint density at radius 3 is 2.62 bits per heavy atom. The molecule has 0 rings (SSSR count). The second kappa shape index (κ2) is 7.34. The van der Waals surface area contributed by atoms with E-state index in [2.05, 4.69) is 17.2 Å². The Morgan fingerprint density at radius 2 is 2.15 bits per heavy atom. The van der Waals surface area contributed by atoms with Crippen LogP contribution in [0.3, 0.4) is 0 Å². The highest BCUT2D eigenvalue weighted by atomic mass is 16.1. The molecule has 0 heterocycles. The first-order chi connectivity index (χ1) is 6.20. The van der Waals surface area contributed by atoms with E-state index in [-0.39, 0.29) is 6.04 Å². The molecule has 0 aliphatic heterocycles. The van der Waals surface area contributed by atoms with E-state index in [1.165, 1.54) is 0 Å². The summed E-state index contributed by atoms with van der Waals surface area (Å²) < 4.78 is 0. The van der Waals surface area contributed by atoms with Crippen LogP contribution in [0.15, 0.2) is 12.2 Å².